The number of hydrogen-bond acceptors (Lipinski definition) is 5. The number of rotatable bonds is 9. The number of nitrogens with zero attached hydrogens (tertiary/aromatic N) is 3. The molecule has 1 heterocycles. The maximum absolute atomic E-state index is 11.7. The molecule has 7 nitrogen and oxygen atoms in total. The van der Waals surface area contributed by atoms with Gasteiger partial charge in [0.25, 0.3) is 5.91 Å². The maximum atomic E-state index is 11.7. The number of carbonyl (C=O) groups is 1. The van der Waals surface area contributed by atoms with E-state index in [4.69, 9.17) is 10.5 Å². The highest BCUT2D eigenvalue weighted by Crippen LogP contribution is 1.96. The van der Waals surface area contributed by atoms with Crippen LogP contribution in [0.25, 0.3) is 0 Å². The highest BCUT2D eigenvalue weighted by atomic mass is 16.5. The number of aromatic nitrogens is 3. The summed E-state index contributed by atoms with van der Waals surface area (Å²) < 4.78 is 6.51. The Labute approximate surface area is 107 Å². The fourth-order valence-electron chi connectivity index (χ4n) is 1.48. The predicted octanol–water partition coefficient (Wildman–Crippen LogP) is -0.217. The van der Waals surface area contributed by atoms with Crippen LogP contribution >= 0.6 is 0 Å². The summed E-state index contributed by atoms with van der Waals surface area (Å²) >= 11 is 0. The Balaban J connectivity index is 2.19. The smallest absolute Gasteiger partial charge is 0.273 e. The topological polar surface area (TPSA) is 95.1 Å². The zero-order valence-electron chi connectivity index (χ0n) is 10.8. The minimum absolute atomic E-state index is 0.190. The van der Waals surface area contributed by atoms with Gasteiger partial charge in [-0.05, 0) is 19.3 Å². The summed E-state index contributed by atoms with van der Waals surface area (Å²) in [4.78, 5) is 11.7. The van der Waals surface area contributed by atoms with Gasteiger partial charge in [0.1, 0.15) is 0 Å². The van der Waals surface area contributed by atoms with Crippen molar-refractivity contribution in [3.05, 3.63) is 11.9 Å². The molecule has 1 aromatic rings. The van der Waals surface area contributed by atoms with Crippen molar-refractivity contribution in [2.45, 2.75) is 25.8 Å². The van der Waals surface area contributed by atoms with Gasteiger partial charge in [-0.15, -0.1) is 5.10 Å². The highest BCUT2D eigenvalue weighted by Gasteiger charge is 2.09. The first-order valence-corrected chi connectivity index (χ1v) is 6.15. The summed E-state index contributed by atoms with van der Waals surface area (Å²) in [5, 5.41) is 10.4. The highest BCUT2D eigenvalue weighted by molar-refractivity contribution is 5.91. The van der Waals surface area contributed by atoms with Gasteiger partial charge in [0.2, 0.25) is 0 Å². The molecule has 0 aliphatic rings. The van der Waals surface area contributed by atoms with Crippen molar-refractivity contribution in [1.82, 2.24) is 20.3 Å². The second-order valence-corrected chi connectivity index (χ2v) is 3.96. The number of nitrogens with two attached hydrogens (primary N) is 1. The number of methoxy groups -OCH3 is 1. The van der Waals surface area contributed by atoms with Crippen LogP contribution < -0.4 is 11.1 Å². The molecule has 0 bridgehead atoms. The fraction of sp³-hybridized carbons (Fsp3) is 0.727. The SMILES string of the molecule is COCCCCCNC(=O)c1cn(CCN)nn1. The van der Waals surface area contributed by atoms with Gasteiger partial charge >= 0.3 is 0 Å². The molecule has 1 aromatic heterocycles. The van der Waals surface area contributed by atoms with E-state index in [-0.39, 0.29) is 5.91 Å². The van der Waals surface area contributed by atoms with Crippen molar-refractivity contribution >= 4 is 5.91 Å². The second-order valence-electron chi connectivity index (χ2n) is 3.96. The van der Waals surface area contributed by atoms with E-state index in [0.29, 0.717) is 25.3 Å². The molecule has 0 atom stereocenters. The monoisotopic (exact) mass is 255 g/mol. The van der Waals surface area contributed by atoms with Crippen LogP contribution in [0.4, 0.5) is 0 Å². The number of nitrogens with one attached hydrogen (secondary N) is 1. The molecule has 0 unspecified atom stereocenters. The van der Waals surface area contributed by atoms with E-state index in [0.717, 1.165) is 25.9 Å². The van der Waals surface area contributed by atoms with Crippen molar-refractivity contribution in [3.63, 3.8) is 0 Å². The van der Waals surface area contributed by atoms with Crippen molar-refractivity contribution in [3.8, 4) is 0 Å². The van der Waals surface area contributed by atoms with Crippen molar-refractivity contribution < 1.29 is 9.53 Å². The summed E-state index contributed by atoms with van der Waals surface area (Å²) in [5.74, 6) is -0.190. The van der Waals surface area contributed by atoms with Gasteiger partial charge in [-0.3, -0.25) is 9.48 Å². The van der Waals surface area contributed by atoms with E-state index in [1.807, 2.05) is 0 Å². The normalized spacial score (nSPS) is 10.6. The molecule has 0 saturated heterocycles. The molecule has 1 rings (SSSR count). The van der Waals surface area contributed by atoms with E-state index in [1.54, 1.807) is 18.0 Å². The van der Waals surface area contributed by atoms with E-state index >= 15 is 0 Å². The maximum Gasteiger partial charge on any atom is 0.273 e. The lowest BCUT2D eigenvalue weighted by molar-refractivity contribution is 0.0947. The number of unbranched alkanes of at least 4 members (excludes halogenated alkanes) is 2. The van der Waals surface area contributed by atoms with Gasteiger partial charge in [-0.2, -0.15) is 0 Å². The van der Waals surface area contributed by atoms with Gasteiger partial charge in [-0.1, -0.05) is 5.21 Å². The molecule has 3 N–H and O–H groups in total. The molecular weight excluding hydrogens is 234 g/mol. The quantitative estimate of drug-likeness (QED) is 0.595. The van der Waals surface area contributed by atoms with E-state index in [1.165, 1.54) is 0 Å². The van der Waals surface area contributed by atoms with Gasteiger partial charge < -0.3 is 15.8 Å². The first-order valence-electron chi connectivity index (χ1n) is 6.15. The minimum Gasteiger partial charge on any atom is -0.385 e. The van der Waals surface area contributed by atoms with Crippen LogP contribution in [0.3, 0.4) is 0 Å². The molecule has 0 aliphatic heterocycles. The average Bonchev–Trinajstić information content (AvgIpc) is 2.82. The summed E-state index contributed by atoms with van der Waals surface area (Å²) in [7, 11) is 1.69. The molecule has 7 heteroatoms. The first kappa shape index (κ1) is 14.6. The Morgan fingerprint density at radius 2 is 2.33 bits per heavy atom. The average molecular weight is 255 g/mol. The molecule has 102 valence electrons. The van der Waals surface area contributed by atoms with Crippen molar-refractivity contribution in [1.29, 1.82) is 0 Å². The largest absolute Gasteiger partial charge is 0.385 e. The molecule has 0 saturated carbocycles. The lowest BCUT2D eigenvalue weighted by atomic mass is 10.2. The number of ether oxygens (including phenoxy) is 1. The van der Waals surface area contributed by atoms with Crippen molar-refractivity contribution in [2.24, 2.45) is 5.73 Å². The second kappa shape index (κ2) is 8.60. The Morgan fingerprint density at radius 1 is 1.50 bits per heavy atom. The minimum atomic E-state index is -0.190. The predicted molar refractivity (Wildman–Crippen MR) is 67.1 cm³/mol. The zero-order valence-corrected chi connectivity index (χ0v) is 10.8. The van der Waals surface area contributed by atoms with E-state index in [9.17, 15) is 4.79 Å². The molecule has 0 radical (unpaired) electrons. The number of amides is 1. The third-order valence-electron chi connectivity index (χ3n) is 2.44. The molecule has 0 spiro atoms. The summed E-state index contributed by atoms with van der Waals surface area (Å²) in [6.07, 6.45) is 4.59. The third-order valence-corrected chi connectivity index (χ3v) is 2.44. The molecule has 18 heavy (non-hydrogen) atoms. The van der Waals surface area contributed by atoms with Gasteiger partial charge in [0.05, 0.1) is 12.7 Å². The van der Waals surface area contributed by atoms with Crippen LogP contribution in [0.5, 0.6) is 0 Å². The molecule has 0 fully saturated rings. The lowest BCUT2D eigenvalue weighted by Gasteiger charge is -2.02. The fourth-order valence-corrected chi connectivity index (χ4v) is 1.48. The first-order chi connectivity index (χ1) is 8.77. The Hall–Kier alpha value is -1.47. The van der Waals surface area contributed by atoms with E-state index in [2.05, 4.69) is 15.6 Å². The van der Waals surface area contributed by atoms with Crippen molar-refractivity contribution in [2.75, 3.05) is 26.8 Å². The van der Waals surface area contributed by atoms with Crippen LogP contribution in [0.15, 0.2) is 6.20 Å². The standard InChI is InChI=1S/C11H21N5O2/c1-18-8-4-2-3-6-13-11(17)10-9-16(7-5-12)15-14-10/h9H,2-8,12H2,1H3,(H,13,17). The Morgan fingerprint density at radius 3 is 3.06 bits per heavy atom. The molecule has 0 aromatic carbocycles. The number of hydrogen-bond donors (Lipinski definition) is 2. The molecule has 0 aliphatic carbocycles. The number of carbonyl (C=O) groups excluding carboxylic acids is 1. The van der Waals surface area contributed by atoms with Crippen LogP contribution in [0.1, 0.15) is 29.8 Å². The van der Waals surface area contributed by atoms with Crippen LogP contribution in [0.2, 0.25) is 0 Å². The third kappa shape index (κ3) is 5.24. The van der Waals surface area contributed by atoms with E-state index < -0.39 is 0 Å². The molecular formula is C11H21N5O2. The van der Waals surface area contributed by atoms with Crippen LogP contribution in [0, 0.1) is 0 Å². The van der Waals surface area contributed by atoms with Gasteiger partial charge in [0.15, 0.2) is 5.69 Å². The summed E-state index contributed by atoms with van der Waals surface area (Å²) in [6.45, 7) is 2.45. The zero-order chi connectivity index (χ0) is 13.2. The van der Waals surface area contributed by atoms with Gasteiger partial charge in [-0.25, -0.2) is 0 Å². The molecule has 1 amide bonds. The Kier molecular flexibility index (Phi) is 6.97. The van der Waals surface area contributed by atoms with Crippen LogP contribution in [-0.4, -0.2) is 47.7 Å². The van der Waals surface area contributed by atoms with Crippen LogP contribution in [-0.2, 0) is 11.3 Å². The Bertz CT molecular complexity index is 353. The summed E-state index contributed by atoms with van der Waals surface area (Å²) in [6, 6.07) is 0. The van der Waals surface area contributed by atoms with Gasteiger partial charge in [0, 0.05) is 26.8 Å². The summed E-state index contributed by atoms with van der Waals surface area (Å²) in [5.41, 5.74) is 5.72. The lowest BCUT2D eigenvalue weighted by Crippen LogP contribution is -2.24.